The summed E-state index contributed by atoms with van der Waals surface area (Å²) in [6.07, 6.45) is 8.10. The molecule has 0 fully saturated rings. The zero-order chi connectivity index (χ0) is 15.4. The summed E-state index contributed by atoms with van der Waals surface area (Å²) < 4.78 is 0. The van der Waals surface area contributed by atoms with Gasteiger partial charge in [-0.3, -0.25) is 4.98 Å². The number of hydrogen-bond donors (Lipinski definition) is 2. The molecule has 3 nitrogen and oxygen atoms in total. The predicted octanol–water partition coefficient (Wildman–Crippen LogP) is 4.04. The minimum absolute atomic E-state index is 0.307. The third kappa shape index (κ3) is 3.25. The molecule has 1 aromatic heterocycles. The molecular formula is C19H27N3. The van der Waals surface area contributed by atoms with E-state index >= 15 is 0 Å². The van der Waals surface area contributed by atoms with Crippen molar-refractivity contribution in [3.63, 3.8) is 0 Å². The van der Waals surface area contributed by atoms with E-state index in [9.17, 15) is 0 Å². The Bertz CT molecular complexity index is 636. The molecule has 0 amide bonds. The standard InChI is InChI=1S/C19H27N3/c1-2-7-14(20)12-13-21-19-15-8-3-5-10-17(15)22-18-11-6-4-9-16(18)19/h3,5,8,10,14H,2,4,6-7,9,11-13,20H2,1H3,(H,21,22). The summed E-state index contributed by atoms with van der Waals surface area (Å²) in [4.78, 5) is 4.88. The Labute approximate surface area is 133 Å². The number of anilines is 1. The van der Waals surface area contributed by atoms with Crippen LogP contribution in [0.3, 0.4) is 0 Å². The monoisotopic (exact) mass is 297 g/mol. The molecule has 0 radical (unpaired) electrons. The molecule has 3 N–H and O–H groups in total. The molecule has 1 aliphatic rings. The number of para-hydroxylation sites is 1. The van der Waals surface area contributed by atoms with Crippen LogP contribution in [0.25, 0.3) is 10.9 Å². The van der Waals surface area contributed by atoms with Gasteiger partial charge in [-0.25, -0.2) is 0 Å². The second kappa shape index (κ2) is 7.10. The summed E-state index contributed by atoms with van der Waals surface area (Å²) in [6, 6.07) is 8.80. The van der Waals surface area contributed by atoms with E-state index < -0.39 is 0 Å². The second-order valence-electron chi connectivity index (χ2n) is 6.40. The molecule has 1 heterocycles. The van der Waals surface area contributed by atoms with E-state index in [1.807, 2.05) is 0 Å². The fourth-order valence-corrected chi connectivity index (χ4v) is 3.47. The molecule has 3 rings (SSSR count). The van der Waals surface area contributed by atoms with E-state index in [2.05, 4.69) is 36.5 Å². The van der Waals surface area contributed by atoms with E-state index in [0.717, 1.165) is 44.2 Å². The highest BCUT2D eigenvalue weighted by molar-refractivity contribution is 5.93. The maximum atomic E-state index is 6.15. The molecular weight excluding hydrogens is 270 g/mol. The van der Waals surface area contributed by atoms with Crippen LogP contribution in [-0.4, -0.2) is 17.6 Å². The van der Waals surface area contributed by atoms with Gasteiger partial charge in [-0.15, -0.1) is 0 Å². The first-order chi connectivity index (χ1) is 10.8. The normalized spacial score (nSPS) is 15.5. The van der Waals surface area contributed by atoms with E-state index in [4.69, 9.17) is 10.7 Å². The number of aromatic nitrogens is 1. The lowest BCUT2D eigenvalue weighted by atomic mass is 9.92. The molecule has 1 atom stereocenters. The number of nitrogens with zero attached hydrogens (tertiary/aromatic N) is 1. The first-order valence-electron chi connectivity index (χ1n) is 8.69. The van der Waals surface area contributed by atoms with Gasteiger partial charge in [0, 0.05) is 29.4 Å². The Morgan fingerprint density at radius 3 is 2.86 bits per heavy atom. The molecule has 3 heteroatoms. The summed E-state index contributed by atoms with van der Waals surface area (Å²) >= 11 is 0. The van der Waals surface area contributed by atoms with Gasteiger partial charge in [-0.2, -0.15) is 0 Å². The molecule has 1 aliphatic carbocycles. The van der Waals surface area contributed by atoms with Crippen molar-refractivity contribution in [1.82, 2.24) is 4.98 Å². The molecule has 0 saturated carbocycles. The minimum Gasteiger partial charge on any atom is -0.384 e. The Morgan fingerprint density at radius 2 is 2.00 bits per heavy atom. The topological polar surface area (TPSA) is 50.9 Å². The van der Waals surface area contributed by atoms with Gasteiger partial charge >= 0.3 is 0 Å². The molecule has 1 aromatic carbocycles. The third-order valence-electron chi connectivity index (χ3n) is 4.65. The highest BCUT2D eigenvalue weighted by atomic mass is 14.9. The van der Waals surface area contributed by atoms with Crippen molar-refractivity contribution in [2.75, 3.05) is 11.9 Å². The molecule has 2 aromatic rings. The Morgan fingerprint density at radius 1 is 1.18 bits per heavy atom. The molecule has 22 heavy (non-hydrogen) atoms. The van der Waals surface area contributed by atoms with Crippen LogP contribution in [0.5, 0.6) is 0 Å². The van der Waals surface area contributed by atoms with Crippen molar-refractivity contribution < 1.29 is 0 Å². The zero-order valence-corrected chi connectivity index (χ0v) is 13.6. The second-order valence-corrected chi connectivity index (χ2v) is 6.40. The number of fused-ring (bicyclic) bond motifs is 2. The van der Waals surface area contributed by atoms with Crippen molar-refractivity contribution in [2.24, 2.45) is 5.73 Å². The molecule has 118 valence electrons. The zero-order valence-electron chi connectivity index (χ0n) is 13.6. The lowest BCUT2D eigenvalue weighted by Crippen LogP contribution is -2.23. The maximum absolute atomic E-state index is 6.15. The molecule has 1 unspecified atom stereocenters. The van der Waals surface area contributed by atoms with Gasteiger partial charge in [0.2, 0.25) is 0 Å². The average molecular weight is 297 g/mol. The van der Waals surface area contributed by atoms with Crippen LogP contribution in [0, 0.1) is 0 Å². The van der Waals surface area contributed by atoms with Crippen molar-refractivity contribution >= 4 is 16.6 Å². The number of nitrogens with one attached hydrogen (secondary N) is 1. The number of pyridine rings is 1. The number of benzene rings is 1. The Kier molecular flexibility index (Phi) is 4.94. The van der Waals surface area contributed by atoms with Gasteiger partial charge in [0.15, 0.2) is 0 Å². The maximum Gasteiger partial charge on any atom is 0.0726 e. The van der Waals surface area contributed by atoms with Gasteiger partial charge < -0.3 is 11.1 Å². The van der Waals surface area contributed by atoms with E-state index in [1.54, 1.807) is 0 Å². The van der Waals surface area contributed by atoms with Gasteiger partial charge in [-0.05, 0) is 50.2 Å². The van der Waals surface area contributed by atoms with E-state index in [1.165, 1.54) is 35.2 Å². The van der Waals surface area contributed by atoms with Crippen molar-refractivity contribution in [3.8, 4) is 0 Å². The van der Waals surface area contributed by atoms with Gasteiger partial charge in [-0.1, -0.05) is 31.5 Å². The van der Waals surface area contributed by atoms with Crippen molar-refractivity contribution in [2.45, 2.75) is 57.9 Å². The quantitative estimate of drug-likeness (QED) is 0.846. The van der Waals surface area contributed by atoms with Gasteiger partial charge in [0.25, 0.3) is 0 Å². The summed E-state index contributed by atoms with van der Waals surface area (Å²) in [6.45, 7) is 3.14. The Balaban J connectivity index is 1.86. The number of rotatable bonds is 6. The van der Waals surface area contributed by atoms with Crippen LogP contribution in [-0.2, 0) is 12.8 Å². The van der Waals surface area contributed by atoms with Crippen LogP contribution < -0.4 is 11.1 Å². The highest BCUT2D eigenvalue weighted by Crippen LogP contribution is 2.33. The Hall–Kier alpha value is -1.61. The first kappa shape index (κ1) is 15.3. The van der Waals surface area contributed by atoms with E-state index in [-0.39, 0.29) is 0 Å². The molecule has 0 aliphatic heterocycles. The third-order valence-corrected chi connectivity index (χ3v) is 4.65. The SMILES string of the molecule is CCCC(N)CCNc1c2c(nc3ccccc13)CCCC2. The van der Waals surface area contributed by atoms with Crippen LogP contribution >= 0.6 is 0 Å². The van der Waals surface area contributed by atoms with Gasteiger partial charge in [0.05, 0.1) is 5.52 Å². The fourth-order valence-electron chi connectivity index (χ4n) is 3.47. The average Bonchev–Trinajstić information content (AvgIpc) is 2.54. The summed E-state index contributed by atoms with van der Waals surface area (Å²) in [5.41, 5.74) is 11.3. The van der Waals surface area contributed by atoms with Crippen molar-refractivity contribution in [3.05, 3.63) is 35.5 Å². The van der Waals surface area contributed by atoms with E-state index in [0.29, 0.717) is 6.04 Å². The highest BCUT2D eigenvalue weighted by Gasteiger charge is 2.17. The number of hydrogen-bond acceptors (Lipinski definition) is 3. The van der Waals surface area contributed by atoms with Crippen LogP contribution in [0.15, 0.2) is 24.3 Å². The molecule has 0 saturated heterocycles. The summed E-state index contributed by atoms with van der Waals surface area (Å²) in [7, 11) is 0. The van der Waals surface area contributed by atoms with Crippen LogP contribution in [0.4, 0.5) is 5.69 Å². The predicted molar refractivity (Wildman–Crippen MR) is 94.4 cm³/mol. The number of nitrogens with two attached hydrogens (primary N) is 1. The fraction of sp³-hybridized carbons (Fsp3) is 0.526. The molecule has 0 bridgehead atoms. The first-order valence-corrected chi connectivity index (χ1v) is 8.69. The van der Waals surface area contributed by atoms with Crippen molar-refractivity contribution in [1.29, 1.82) is 0 Å². The summed E-state index contributed by atoms with van der Waals surface area (Å²) in [5.74, 6) is 0. The number of aryl methyl sites for hydroxylation is 1. The smallest absolute Gasteiger partial charge is 0.0726 e. The van der Waals surface area contributed by atoms with Crippen LogP contribution in [0.1, 0.15) is 50.3 Å². The lowest BCUT2D eigenvalue weighted by molar-refractivity contribution is 0.574. The van der Waals surface area contributed by atoms with Crippen LogP contribution in [0.2, 0.25) is 0 Å². The largest absolute Gasteiger partial charge is 0.384 e. The lowest BCUT2D eigenvalue weighted by Gasteiger charge is -2.22. The molecule has 0 spiro atoms. The van der Waals surface area contributed by atoms with Gasteiger partial charge in [0.1, 0.15) is 0 Å². The summed E-state index contributed by atoms with van der Waals surface area (Å²) in [5, 5.41) is 4.94. The minimum atomic E-state index is 0.307.